The molecule has 0 radical (unpaired) electrons. The lowest BCUT2D eigenvalue weighted by Gasteiger charge is -2.23. The zero-order chi connectivity index (χ0) is 16.0. The molecule has 3 N–H and O–H groups in total. The lowest BCUT2D eigenvalue weighted by atomic mass is 10.2. The monoisotopic (exact) mass is 314 g/mol. The molecule has 0 saturated heterocycles. The number of hydrogen-bond donors (Lipinski definition) is 2. The minimum atomic E-state index is -1.58. The Morgan fingerprint density at radius 1 is 1.33 bits per heavy atom. The van der Waals surface area contributed by atoms with E-state index < -0.39 is 30.4 Å². The average molecular weight is 315 g/mol. The molecule has 1 aromatic rings. The number of ether oxygens (including phenoxy) is 1. The van der Waals surface area contributed by atoms with Crippen LogP contribution in [0.4, 0.5) is 5.69 Å². The number of carboxylic acids is 1. The number of carbonyl (C=O) groups excluding carboxylic acids is 2. The number of anilines is 1. The van der Waals surface area contributed by atoms with Crippen LogP contribution in [0.5, 0.6) is 0 Å². The second-order valence-corrected chi connectivity index (χ2v) is 4.46. The Morgan fingerprint density at radius 2 is 1.90 bits per heavy atom. The van der Waals surface area contributed by atoms with E-state index in [1.54, 1.807) is 6.92 Å². The summed E-state index contributed by atoms with van der Waals surface area (Å²) in [5, 5.41) is 9.32. The highest BCUT2D eigenvalue weighted by molar-refractivity contribution is 6.30. The number of hydrogen-bond acceptors (Lipinski definition) is 5. The van der Waals surface area contributed by atoms with Crippen molar-refractivity contribution in [1.82, 2.24) is 0 Å². The molecule has 7 nitrogen and oxygen atoms in total. The fourth-order valence-corrected chi connectivity index (χ4v) is 1.68. The third-order valence-corrected chi connectivity index (χ3v) is 2.76. The molecule has 0 aliphatic heterocycles. The van der Waals surface area contributed by atoms with E-state index in [1.807, 2.05) is 0 Å². The maximum atomic E-state index is 12.2. The first kappa shape index (κ1) is 16.9. The van der Waals surface area contributed by atoms with Crippen molar-refractivity contribution < 1.29 is 24.2 Å². The van der Waals surface area contributed by atoms with E-state index in [0.29, 0.717) is 5.02 Å². The summed E-state index contributed by atoms with van der Waals surface area (Å²) >= 11 is 5.74. The van der Waals surface area contributed by atoms with Gasteiger partial charge in [0.2, 0.25) is 0 Å². The molecular formula is C13H15ClN2O5. The molecule has 0 heterocycles. The van der Waals surface area contributed by atoms with Crippen molar-refractivity contribution in [2.24, 2.45) is 5.73 Å². The van der Waals surface area contributed by atoms with Crippen molar-refractivity contribution in [3.63, 3.8) is 0 Å². The summed E-state index contributed by atoms with van der Waals surface area (Å²) in [5.41, 5.74) is 5.78. The minimum Gasteiger partial charge on any atom is -0.480 e. The van der Waals surface area contributed by atoms with Gasteiger partial charge in [0.05, 0.1) is 6.61 Å². The summed E-state index contributed by atoms with van der Waals surface area (Å²) in [4.78, 5) is 35.5. The molecule has 114 valence electrons. The van der Waals surface area contributed by atoms with Gasteiger partial charge in [-0.3, -0.25) is 14.5 Å². The van der Waals surface area contributed by atoms with Crippen molar-refractivity contribution >= 4 is 35.1 Å². The number of esters is 1. The van der Waals surface area contributed by atoms with Crippen LogP contribution in [0.2, 0.25) is 5.02 Å². The lowest BCUT2D eigenvalue weighted by Crippen LogP contribution is -2.50. The molecular weight excluding hydrogens is 300 g/mol. The normalized spacial score (nSPS) is 11.6. The Hall–Kier alpha value is -2.12. The molecule has 0 saturated carbocycles. The van der Waals surface area contributed by atoms with Gasteiger partial charge in [-0.15, -0.1) is 0 Å². The van der Waals surface area contributed by atoms with Gasteiger partial charge in [-0.05, 0) is 31.2 Å². The highest BCUT2D eigenvalue weighted by Gasteiger charge is 2.30. The van der Waals surface area contributed by atoms with Gasteiger partial charge in [0.25, 0.3) is 5.91 Å². The minimum absolute atomic E-state index is 0.0691. The third kappa shape index (κ3) is 4.73. The van der Waals surface area contributed by atoms with Crippen molar-refractivity contribution in [1.29, 1.82) is 0 Å². The summed E-state index contributed by atoms with van der Waals surface area (Å²) in [5.74, 6) is -3.01. The molecule has 1 rings (SSSR count). The van der Waals surface area contributed by atoms with Crippen LogP contribution < -0.4 is 10.6 Å². The van der Waals surface area contributed by atoms with Gasteiger partial charge in [-0.1, -0.05) is 11.6 Å². The van der Waals surface area contributed by atoms with Crippen molar-refractivity contribution in [3.8, 4) is 0 Å². The number of benzene rings is 1. The number of carboxylic acid groups (broad SMARTS) is 1. The first-order valence-corrected chi connectivity index (χ1v) is 6.45. The lowest BCUT2D eigenvalue weighted by molar-refractivity contribution is -0.148. The number of nitrogens with zero attached hydrogens (tertiary/aromatic N) is 1. The quantitative estimate of drug-likeness (QED) is 0.589. The summed E-state index contributed by atoms with van der Waals surface area (Å²) in [6.07, 6.45) is 0. The standard InChI is InChI=1S/C13H15ClN2O5/c1-2-21-13(20)11(15)12(19)16(7-10(17)18)9-5-3-8(14)4-6-9/h3-6,11H,2,7,15H2,1H3,(H,17,18). The Kier molecular flexibility index (Phi) is 6.13. The number of carbonyl (C=O) groups is 3. The smallest absolute Gasteiger partial charge is 0.332 e. The van der Waals surface area contributed by atoms with Crippen LogP contribution in [-0.4, -0.2) is 42.1 Å². The van der Waals surface area contributed by atoms with Crippen molar-refractivity contribution in [2.45, 2.75) is 13.0 Å². The maximum Gasteiger partial charge on any atom is 0.332 e. The molecule has 1 amide bonds. The van der Waals surface area contributed by atoms with Crippen LogP contribution in [-0.2, 0) is 19.1 Å². The third-order valence-electron chi connectivity index (χ3n) is 2.50. The van der Waals surface area contributed by atoms with Gasteiger partial charge >= 0.3 is 11.9 Å². The second kappa shape index (κ2) is 7.61. The van der Waals surface area contributed by atoms with Gasteiger partial charge in [0.1, 0.15) is 6.54 Å². The van der Waals surface area contributed by atoms with E-state index in [1.165, 1.54) is 24.3 Å². The summed E-state index contributed by atoms with van der Waals surface area (Å²) in [6, 6.07) is 4.33. The summed E-state index contributed by atoms with van der Waals surface area (Å²) in [7, 11) is 0. The SMILES string of the molecule is CCOC(=O)C(N)C(=O)N(CC(=O)O)c1ccc(Cl)cc1. The molecule has 0 spiro atoms. The van der Waals surface area contributed by atoms with Gasteiger partial charge in [-0.25, -0.2) is 4.79 Å². The zero-order valence-electron chi connectivity index (χ0n) is 11.3. The predicted octanol–water partition coefficient (Wildman–Crippen LogP) is 0.648. The topological polar surface area (TPSA) is 110 Å². The zero-order valence-corrected chi connectivity index (χ0v) is 12.0. The number of rotatable bonds is 6. The largest absolute Gasteiger partial charge is 0.480 e. The van der Waals surface area contributed by atoms with Crippen LogP contribution in [0.25, 0.3) is 0 Å². The molecule has 8 heteroatoms. The number of nitrogens with two attached hydrogens (primary N) is 1. The van der Waals surface area contributed by atoms with E-state index in [2.05, 4.69) is 4.74 Å². The fraction of sp³-hybridized carbons (Fsp3) is 0.308. The van der Waals surface area contributed by atoms with Crippen LogP contribution in [0.3, 0.4) is 0 Å². The second-order valence-electron chi connectivity index (χ2n) is 4.02. The summed E-state index contributed by atoms with van der Waals surface area (Å²) in [6.45, 7) is 1.01. The highest BCUT2D eigenvalue weighted by atomic mass is 35.5. The average Bonchev–Trinajstić information content (AvgIpc) is 2.44. The van der Waals surface area contributed by atoms with E-state index in [-0.39, 0.29) is 12.3 Å². The van der Waals surface area contributed by atoms with Crippen LogP contribution in [0.1, 0.15) is 6.92 Å². The Morgan fingerprint density at radius 3 is 2.38 bits per heavy atom. The first-order valence-electron chi connectivity index (χ1n) is 6.07. The van der Waals surface area contributed by atoms with E-state index in [4.69, 9.17) is 22.4 Å². The molecule has 1 atom stereocenters. The van der Waals surface area contributed by atoms with Crippen LogP contribution >= 0.6 is 11.6 Å². The van der Waals surface area contributed by atoms with E-state index in [9.17, 15) is 14.4 Å². The molecule has 0 aliphatic rings. The fourth-order valence-electron chi connectivity index (χ4n) is 1.55. The summed E-state index contributed by atoms with van der Waals surface area (Å²) < 4.78 is 4.65. The molecule has 1 aromatic carbocycles. The molecule has 1 unspecified atom stereocenters. The van der Waals surface area contributed by atoms with Gasteiger partial charge < -0.3 is 15.6 Å². The Labute approximate surface area is 126 Å². The van der Waals surface area contributed by atoms with Gasteiger partial charge in [-0.2, -0.15) is 0 Å². The Balaban J connectivity index is 3.01. The van der Waals surface area contributed by atoms with Crippen molar-refractivity contribution in [3.05, 3.63) is 29.3 Å². The molecule has 21 heavy (non-hydrogen) atoms. The number of halogens is 1. The van der Waals surface area contributed by atoms with Gasteiger partial charge in [0, 0.05) is 10.7 Å². The van der Waals surface area contributed by atoms with Crippen molar-refractivity contribution in [2.75, 3.05) is 18.1 Å². The molecule has 0 fully saturated rings. The van der Waals surface area contributed by atoms with Crippen LogP contribution in [0.15, 0.2) is 24.3 Å². The van der Waals surface area contributed by atoms with E-state index >= 15 is 0 Å². The highest BCUT2D eigenvalue weighted by Crippen LogP contribution is 2.18. The molecule has 0 bridgehead atoms. The first-order chi connectivity index (χ1) is 9.86. The number of amides is 1. The Bertz CT molecular complexity index is 532. The van der Waals surface area contributed by atoms with Gasteiger partial charge in [0.15, 0.2) is 6.04 Å². The molecule has 0 aromatic heterocycles. The molecule has 0 aliphatic carbocycles. The van der Waals surface area contributed by atoms with Crippen LogP contribution in [0, 0.1) is 0 Å². The number of aliphatic carboxylic acids is 1. The maximum absolute atomic E-state index is 12.2. The van der Waals surface area contributed by atoms with E-state index in [0.717, 1.165) is 4.90 Å². The predicted molar refractivity (Wildman–Crippen MR) is 76.0 cm³/mol.